The first-order valence-corrected chi connectivity index (χ1v) is 3.94. The second-order valence-corrected chi connectivity index (χ2v) is 3.04. The smallest absolute Gasteiger partial charge is 0.0926 e. The molecule has 1 N–H and O–H groups in total. The van der Waals surface area contributed by atoms with E-state index in [-0.39, 0.29) is 6.04 Å². The topological polar surface area (TPSA) is 45.0 Å². The Morgan fingerprint density at radius 1 is 1.64 bits per heavy atom. The molecule has 0 aromatic carbocycles. The molecule has 0 spiro atoms. The number of methoxy groups -OCH3 is 1. The average molecular weight is 154 g/mol. The van der Waals surface area contributed by atoms with Crippen LogP contribution in [0.2, 0.25) is 0 Å². The molecule has 3 nitrogen and oxygen atoms in total. The highest BCUT2D eigenvalue weighted by molar-refractivity contribution is 4.93. The number of hydrogen-bond acceptors (Lipinski definition) is 3. The number of hydrogen-bond donors (Lipinski definition) is 1. The van der Waals surface area contributed by atoms with E-state index in [1.54, 1.807) is 7.11 Å². The lowest BCUT2D eigenvalue weighted by atomic mass is 9.89. The standard InChI is InChI=1S/C8H14N2O/c1-6(5-9)10-7-3-8(4-7)11-2/h6-8,10H,3-4H2,1-2H3. The van der Waals surface area contributed by atoms with Crippen LogP contribution in [0.3, 0.4) is 0 Å². The molecule has 1 rings (SSSR count). The normalized spacial score (nSPS) is 32.1. The van der Waals surface area contributed by atoms with Crippen LogP contribution in [0, 0.1) is 11.3 Å². The van der Waals surface area contributed by atoms with Gasteiger partial charge in [-0.1, -0.05) is 0 Å². The third-order valence-electron chi connectivity index (χ3n) is 2.11. The van der Waals surface area contributed by atoms with Crippen LogP contribution < -0.4 is 5.32 Å². The predicted octanol–water partition coefficient (Wildman–Crippen LogP) is 0.665. The van der Waals surface area contributed by atoms with Gasteiger partial charge in [-0.15, -0.1) is 0 Å². The van der Waals surface area contributed by atoms with Crippen LogP contribution in [-0.4, -0.2) is 25.3 Å². The summed E-state index contributed by atoms with van der Waals surface area (Å²) in [6.45, 7) is 1.88. The largest absolute Gasteiger partial charge is 0.381 e. The molecule has 11 heavy (non-hydrogen) atoms. The molecule has 62 valence electrons. The summed E-state index contributed by atoms with van der Waals surface area (Å²) in [5.41, 5.74) is 0. The first-order chi connectivity index (χ1) is 5.26. The Labute approximate surface area is 67.3 Å². The van der Waals surface area contributed by atoms with Crippen LogP contribution in [-0.2, 0) is 4.74 Å². The maximum atomic E-state index is 8.48. The van der Waals surface area contributed by atoms with Gasteiger partial charge in [-0.3, -0.25) is 5.32 Å². The Morgan fingerprint density at radius 2 is 2.27 bits per heavy atom. The Bertz CT molecular complexity index is 158. The zero-order valence-corrected chi connectivity index (χ0v) is 7.00. The molecule has 3 heteroatoms. The van der Waals surface area contributed by atoms with Crippen LogP contribution in [0.25, 0.3) is 0 Å². The molecule has 1 atom stereocenters. The molecule has 0 radical (unpaired) electrons. The van der Waals surface area contributed by atoms with E-state index in [4.69, 9.17) is 10.00 Å². The molecular weight excluding hydrogens is 140 g/mol. The molecule has 0 heterocycles. The third-order valence-corrected chi connectivity index (χ3v) is 2.11. The molecule has 1 aliphatic rings. The maximum absolute atomic E-state index is 8.48. The molecule has 0 amide bonds. The Hall–Kier alpha value is -0.590. The SMILES string of the molecule is COC1CC(NC(C)C#N)C1. The van der Waals surface area contributed by atoms with Crippen molar-refractivity contribution in [3.8, 4) is 6.07 Å². The summed E-state index contributed by atoms with van der Waals surface area (Å²) in [6.07, 6.45) is 2.50. The van der Waals surface area contributed by atoms with Crippen molar-refractivity contribution in [3.63, 3.8) is 0 Å². The molecule has 0 aliphatic heterocycles. The van der Waals surface area contributed by atoms with Gasteiger partial charge in [0.1, 0.15) is 0 Å². The van der Waals surface area contributed by atoms with Gasteiger partial charge in [0.2, 0.25) is 0 Å². The van der Waals surface area contributed by atoms with E-state index in [0.29, 0.717) is 12.1 Å². The first-order valence-electron chi connectivity index (χ1n) is 3.94. The van der Waals surface area contributed by atoms with E-state index in [9.17, 15) is 0 Å². The van der Waals surface area contributed by atoms with E-state index < -0.39 is 0 Å². The molecule has 0 saturated heterocycles. The van der Waals surface area contributed by atoms with E-state index >= 15 is 0 Å². The molecule has 0 aromatic rings. The molecule has 0 bridgehead atoms. The summed E-state index contributed by atoms with van der Waals surface area (Å²) < 4.78 is 5.11. The van der Waals surface area contributed by atoms with Gasteiger partial charge < -0.3 is 4.74 Å². The summed E-state index contributed by atoms with van der Waals surface area (Å²) >= 11 is 0. The number of nitrogens with zero attached hydrogens (tertiary/aromatic N) is 1. The van der Waals surface area contributed by atoms with Crippen molar-refractivity contribution in [3.05, 3.63) is 0 Å². The number of rotatable bonds is 3. The van der Waals surface area contributed by atoms with Gasteiger partial charge in [-0.2, -0.15) is 5.26 Å². The van der Waals surface area contributed by atoms with E-state index in [1.165, 1.54) is 0 Å². The lowest BCUT2D eigenvalue weighted by Crippen LogP contribution is -2.47. The number of ether oxygens (including phenoxy) is 1. The molecule has 1 saturated carbocycles. The van der Waals surface area contributed by atoms with Gasteiger partial charge in [0.25, 0.3) is 0 Å². The minimum Gasteiger partial charge on any atom is -0.381 e. The van der Waals surface area contributed by atoms with Crippen LogP contribution in [0.4, 0.5) is 0 Å². The fourth-order valence-corrected chi connectivity index (χ4v) is 1.28. The second kappa shape index (κ2) is 3.70. The lowest BCUT2D eigenvalue weighted by Gasteiger charge is -2.35. The van der Waals surface area contributed by atoms with Crippen LogP contribution in [0.15, 0.2) is 0 Å². The highest BCUT2D eigenvalue weighted by Crippen LogP contribution is 2.22. The molecule has 1 unspecified atom stereocenters. The average Bonchev–Trinajstić information content (AvgIpc) is 1.95. The minimum atomic E-state index is -0.0298. The summed E-state index contributed by atoms with van der Waals surface area (Å²) in [4.78, 5) is 0. The van der Waals surface area contributed by atoms with Crippen molar-refractivity contribution in [2.45, 2.75) is 38.0 Å². The quantitative estimate of drug-likeness (QED) is 0.649. The molecular formula is C8H14N2O. The highest BCUT2D eigenvalue weighted by atomic mass is 16.5. The van der Waals surface area contributed by atoms with Gasteiger partial charge in [0.15, 0.2) is 0 Å². The summed E-state index contributed by atoms with van der Waals surface area (Å²) in [5, 5.41) is 11.7. The Kier molecular flexibility index (Phi) is 2.86. The van der Waals surface area contributed by atoms with Gasteiger partial charge >= 0.3 is 0 Å². The van der Waals surface area contributed by atoms with Crippen LogP contribution >= 0.6 is 0 Å². The highest BCUT2D eigenvalue weighted by Gasteiger charge is 2.29. The van der Waals surface area contributed by atoms with Gasteiger partial charge in [-0.05, 0) is 19.8 Å². The lowest BCUT2D eigenvalue weighted by molar-refractivity contribution is 0.0163. The molecule has 0 aromatic heterocycles. The predicted molar refractivity (Wildman–Crippen MR) is 42.0 cm³/mol. The number of nitrogens with one attached hydrogen (secondary N) is 1. The zero-order valence-electron chi connectivity index (χ0n) is 7.00. The fourth-order valence-electron chi connectivity index (χ4n) is 1.28. The van der Waals surface area contributed by atoms with Crippen LogP contribution in [0.5, 0.6) is 0 Å². The minimum absolute atomic E-state index is 0.0298. The van der Waals surface area contributed by atoms with Gasteiger partial charge in [0, 0.05) is 13.2 Å². The fraction of sp³-hybridized carbons (Fsp3) is 0.875. The second-order valence-electron chi connectivity index (χ2n) is 3.04. The summed E-state index contributed by atoms with van der Waals surface area (Å²) in [6, 6.07) is 2.61. The van der Waals surface area contributed by atoms with Crippen molar-refractivity contribution in [1.82, 2.24) is 5.32 Å². The van der Waals surface area contributed by atoms with E-state index in [2.05, 4.69) is 11.4 Å². The van der Waals surface area contributed by atoms with Crippen LogP contribution in [0.1, 0.15) is 19.8 Å². The van der Waals surface area contributed by atoms with Gasteiger partial charge in [-0.25, -0.2) is 0 Å². The molecule has 1 aliphatic carbocycles. The zero-order chi connectivity index (χ0) is 8.27. The Balaban J connectivity index is 2.10. The van der Waals surface area contributed by atoms with Crippen molar-refractivity contribution in [2.75, 3.05) is 7.11 Å². The first kappa shape index (κ1) is 8.51. The number of nitriles is 1. The van der Waals surface area contributed by atoms with E-state index in [1.807, 2.05) is 6.92 Å². The molecule has 1 fully saturated rings. The van der Waals surface area contributed by atoms with Crippen molar-refractivity contribution >= 4 is 0 Å². The van der Waals surface area contributed by atoms with Crippen molar-refractivity contribution in [1.29, 1.82) is 5.26 Å². The van der Waals surface area contributed by atoms with Gasteiger partial charge in [0.05, 0.1) is 18.2 Å². The third kappa shape index (κ3) is 2.18. The Morgan fingerprint density at radius 3 is 2.73 bits per heavy atom. The maximum Gasteiger partial charge on any atom is 0.0926 e. The van der Waals surface area contributed by atoms with Crippen molar-refractivity contribution in [2.24, 2.45) is 0 Å². The summed E-state index contributed by atoms with van der Waals surface area (Å²) in [7, 11) is 1.73. The monoisotopic (exact) mass is 154 g/mol. The van der Waals surface area contributed by atoms with E-state index in [0.717, 1.165) is 12.8 Å². The summed E-state index contributed by atoms with van der Waals surface area (Å²) in [5.74, 6) is 0. The van der Waals surface area contributed by atoms with Crippen molar-refractivity contribution < 1.29 is 4.74 Å².